The van der Waals surface area contributed by atoms with E-state index in [0.717, 1.165) is 25.4 Å². The summed E-state index contributed by atoms with van der Waals surface area (Å²) in [5.41, 5.74) is 6.56. The monoisotopic (exact) mass is 321 g/mol. The normalized spacial score (nSPS) is 31.8. The van der Waals surface area contributed by atoms with E-state index >= 15 is 0 Å². The Bertz CT molecular complexity index is 611. The summed E-state index contributed by atoms with van der Waals surface area (Å²) in [5.74, 6) is 0.887. The minimum Gasteiger partial charge on any atom is -0.480 e. The molecule has 118 valence electrons. The zero-order chi connectivity index (χ0) is 14.4. The van der Waals surface area contributed by atoms with Crippen LogP contribution in [-0.4, -0.2) is 42.3 Å². The Hall–Kier alpha value is -1.59. The van der Waals surface area contributed by atoms with Crippen LogP contribution < -0.4 is 10.5 Å². The van der Waals surface area contributed by atoms with Gasteiger partial charge in [0.15, 0.2) is 5.75 Å². The van der Waals surface area contributed by atoms with Gasteiger partial charge >= 0.3 is 0 Å². The number of carbonyl (C=O) groups is 1. The molecule has 0 aromatic heterocycles. The third kappa shape index (κ3) is 2.48. The first-order valence-electron chi connectivity index (χ1n) is 7.60. The second kappa shape index (κ2) is 5.89. The minimum atomic E-state index is -0.465. The standard InChI is InChI=1S/C16H19N3O2.ClH/c17-16(20)11-2-1-3-12-15(11)21-14(9-18-12)13-8-10-4-6-19(13)7-5-10;/h1-3,9-10,13-14H,4-8H2,(H2,17,20);1H. The number of halogens is 1. The van der Waals surface area contributed by atoms with Crippen molar-refractivity contribution in [3.05, 3.63) is 23.8 Å². The molecule has 2 atom stereocenters. The van der Waals surface area contributed by atoms with E-state index in [2.05, 4.69) is 9.89 Å². The van der Waals surface area contributed by atoms with Crippen LogP contribution in [0.15, 0.2) is 23.2 Å². The van der Waals surface area contributed by atoms with E-state index in [4.69, 9.17) is 10.5 Å². The van der Waals surface area contributed by atoms with Crippen molar-refractivity contribution in [3.8, 4) is 5.75 Å². The molecule has 4 aliphatic heterocycles. The van der Waals surface area contributed by atoms with Crippen LogP contribution >= 0.6 is 12.4 Å². The van der Waals surface area contributed by atoms with Gasteiger partial charge in [-0.1, -0.05) is 6.07 Å². The molecule has 3 saturated heterocycles. The third-order valence-corrected chi connectivity index (χ3v) is 4.95. The first kappa shape index (κ1) is 15.3. The van der Waals surface area contributed by atoms with Gasteiger partial charge in [-0.2, -0.15) is 0 Å². The summed E-state index contributed by atoms with van der Waals surface area (Å²) in [6.45, 7) is 2.29. The number of para-hydroxylation sites is 1. The number of nitrogens with zero attached hydrogens (tertiary/aromatic N) is 2. The maximum Gasteiger partial charge on any atom is 0.252 e. The minimum absolute atomic E-state index is 0. The number of primary amides is 1. The lowest BCUT2D eigenvalue weighted by Crippen LogP contribution is -2.56. The molecule has 6 heteroatoms. The van der Waals surface area contributed by atoms with Crippen molar-refractivity contribution in [1.29, 1.82) is 0 Å². The van der Waals surface area contributed by atoms with Gasteiger partial charge in [-0.25, -0.2) is 0 Å². The van der Waals surface area contributed by atoms with Crippen molar-refractivity contribution >= 4 is 30.2 Å². The maximum absolute atomic E-state index is 11.6. The summed E-state index contributed by atoms with van der Waals surface area (Å²) < 4.78 is 6.12. The average Bonchev–Trinajstić information content (AvgIpc) is 2.54. The number of piperidine rings is 3. The summed E-state index contributed by atoms with van der Waals surface area (Å²) in [7, 11) is 0. The Kier molecular flexibility index (Phi) is 4.10. The van der Waals surface area contributed by atoms with Gasteiger partial charge in [0.05, 0.1) is 11.6 Å². The van der Waals surface area contributed by atoms with Crippen molar-refractivity contribution < 1.29 is 9.53 Å². The van der Waals surface area contributed by atoms with Gasteiger partial charge in [0.1, 0.15) is 11.8 Å². The van der Waals surface area contributed by atoms with E-state index in [1.165, 1.54) is 12.8 Å². The van der Waals surface area contributed by atoms with Crippen LogP contribution in [0, 0.1) is 5.92 Å². The molecular formula is C16H20ClN3O2. The number of amides is 1. The van der Waals surface area contributed by atoms with Crippen molar-refractivity contribution in [1.82, 2.24) is 4.90 Å². The van der Waals surface area contributed by atoms with Gasteiger partial charge in [0, 0.05) is 6.21 Å². The van der Waals surface area contributed by atoms with E-state index in [1.807, 2.05) is 12.3 Å². The zero-order valence-electron chi connectivity index (χ0n) is 12.3. The lowest BCUT2D eigenvalue weighted by Gasteiger charge is -2.47. The molecule has 1 aromatic carbocycles. The predicted molar refractivity (Wildman–Crippen MR) is 87.5 cm³/mol. The number of fused-ring (bicyclic) bond motifs is 4. The van der Waals surface area contributed by atoms with Crippen molar-refractivity contribution in [2.24, 2.45) is 16.6 Å². The lowest BCUT2D eigenvalue weighted by molar-refractivity contribution is 0.00716. The second-order valence-electron chi connectivity index (χ2n) is 6.16. The highest BCUT2D eigenvalue weighted by atomic mass is 35.5. The molecule has 1 amide bonds. The molecule has 5 nitrogen and oxygen atoms in total. The highest BCUT2D eigenvalue weighted by Gasteiger charge is 2.39. The van der Waals surface area contributed by atoms with E-state index in [1.54, 1.807) is 12.1 Å². The van der Waals surface area contributed by atoms with E-state index in [9.17, 15) is 4.79 Å². The van der Waals surface area contributed by atoms with Crippen molar-refractivity contribution in [2.45, 2.75) is 31.4 Å². The summed E-state index contributed by atoms with van der Waals surface area (Å²) in [4.78, 5) is 18.5. The topological polar surface area (TPSA) is 67.9 Å². The summed E-state index contributed by atoms with van der Waals surface area (Å²) in [6, 6.07) is 5.70. The summed E-state index contributed by atoms with van der Waals surface area (Å²) >= 11 is 0. The molecular weight excluding hydrogens is 302 g/mol. The Balaban J connectivity index is 0.00000144. The van der Waals surface area contributed by atoms with E-state index < -0.39 is 5.91 Å². The molecule has 5 rings (SSSR count). The second-order valence-corrected chi connectivity index (χ2v) is 6.16. The van der Waals surface area contributed by atoms with Crippen LogP contribution in [0.5, 0.6) is 5.75 Å². The van der Waals surface area contributed by atoms with Gasteiger partial charge in [-0.3, -0.25) is 14.7 Å². The molecule has 2 bridgehead atoms. The van der Waals surface area contributed by atoms with Gasteiger partial charge < -0.3 is 10.5 Å². The number of rotatable bonds is 2. The summed E-state index contributed by atoms with van der Waals surface area (Å²) in [6.07, 6.45) is 5.55. The molecule has 0 spiro atoms. The number of nitrogens with two attached hydrogens (primary N) is 1. The smallest absolute Gasteiger partial charge is 0.252 e. The Morgan fingerprint density at radius 1 is 1.32 bits per heavy atom. The molecule has 4 aliphatic rings. The fourth-order valence-corrected chi connectivity index (χ4v) is 3.80. The number of ether oxygens (including phenoxy) is 1. The van der Waals surface area contributed by atoms with Crippen LogP contribution in [0.2, 0.25) is 0 Å². The first-order chi connectivity index (χ1) is 10.2. The molecule has 1 aromatic rings. The Morgan fingerprint density at radius 2 is 2.09 bits per heavy atom. The average molecular weight is 322 g/mol. The van der Waals surface area contributed by atoms with Crippen molar-refractivity contribution in [3.63, 3.8) is 0 Å². The number of benzene rings is 1. The summed E-state index contributed by atoms with van der Waals surface area (Å²) in [5, 5.41) is 0. The van der Waals surface area contributed by atoms with Crippen LogP contribution in [0.1, 0.15) is 29.6 Å². The Morgan fingerprint density at radius 3 is 2.73 bits per heavy atom. The SMILES string of the molecule is Cl.NC(=O)c1cccc2c1OC(C1CC3CCN1CC3)C=N2. The van der Waals surface area contributed by atoms with Gasteiger partial charge in [-0.15, -0.1) is 12.4 Å². The van der Waals surface area contributed by atoms with E-state index in [0.29, 0.717) is 23.0 Å². The zero-order valence-corrected chi connectivity index (χ0v) is 13.1. The lowest BCUT2D eigenvalue weighted by atomic mass is 9.81. The molecule has 3 fully saturated rings. The fourth-order valence-electron chi connectivity index (χ4n) is 3.80. The van der Waals surface area contributed by atoms with Crippen molar-refractivity contribution in [2.75, 3.05) is 13.1 Å². The molecule has 0 aliphatic carbocycles. The van der Waals surface area contributed by atoms with Crippen LogP contribution in [0.3, 0.4) is 0 Å². The highest BCUT2D eigenvalue weighted by molar-refractivity contribution is 5.98. The van der Waals surface area contributed by atoms with E-state index in [-0.39, 0.29) is 18.5 Å². The van der Waals surface area contributed by atoms with Gasteiger partial charge in [0.25, 0.3) is 5.91 Å². The van der Waals surface area contributed by atoms with Crippen LogP contribution in [-0.2, 0) is 0 Å². The molecule has 0 saturated carbocycles. The number of hydrogen-bond acceptors (Lipinski definition) is 4. The Labute approximate surface area is 135 Å². The number of hydrogen-bond donors (Lipinski definition) is 1. The van der Waals surface area contributed by atoms with Gasteiger partial charge in [0.2, 0.25) is 0 Å². The van der Waals surface area contributed by atoms with Crippen LogP contribution in [0.4, 0.5) is 5.69 Å². The van der Waals surface area contributed by atoms with Crippen LogP contribution in [0.25, 0.3) is 0 Å². The first-order valence-corrected chi connectivity index (χ1v) is 7.60. The number of carbonyl (C=O) groups excluding carboxylic acids is 1. The molecule has 0 radical (unpaired) electrons. The molecule has 22 heavy (non-hydrogen) atoms. The number of aliphatic imine (C=N–C) groups is 1. The highest BCUT2D eigenvalue weighted by Crippen LogP contribution is 2.39. The quantitative estimate of drug-likeness (QED) is 0.907. The molecule has 4 heterocycles. The molecule has 2 unspecified atom stereocenters. The fraction of sp³-hybridized carbons (Fsp3) is 0.500. The largest absolute Gasteiger partial charge is 0.480 e. The van der Waals surface area contributed by atoms with Gasteiger partial charge in [-0.05, 0) is 50.4 Å². The maximum atomic E-state index is 11.6. The predicted octanol–water partition coefficient (Wildman–Crippen LogP) is 2.15. The third-order valence-electron chi connectivity index (χ3n) is 4.95. The molecule has 2 N–H and O–H groups in total.